The minimum atomic E-state index is -3.93. The Morgan fingerprint density at radius 2 is 1.77 bits per heavy atom. The van der Waals surface area contributed by atoms with Crippen molar-refractivity contribution >= 4 is 27.5 Å². The molecular weight excluding hydrogens is 618 g/mol. The Morgan fingerprint density at radius 1 is 1.06 bits per heavy atom. The van der Waals surface area contributed by atoms with E-state index in [4.69, 9.17) is 9.47 Å². The number of benzene rings is 3. The van der Waals surface area contributed by atoms with Gasteiger partial charge in [0, 0.05) is 43.9 Å². The Balaban J connectivity index is 1.66. The monoisotopic (exact) mass is 665 g/mol. The third kappa shape index (κ3) is 9.56. The Kier molecular flexibility index (Phi) is 12.4. The molecule has 1 heterocycles. The van der Waals surface area contributed by atoms with Crippen molar-refractivity contribution in [3.05, 3.63) is 89.5 Å². The highest BCUT2D eigenvalue weighted by Crippen LogP contribution is 2.29. The van der Waals surface area contributed by atoms with E-state index in [9.17, 15) is 23.1 Å². The van der Waals surface area contributed by atoms with E-state index < -0.39 is 28.1 Å². The molecule has 11 heteroatoms. The van der Waals surface area contributed by atoms with Crippen molar-refractivity contribution in [1.29, 1.82) is 0 Å². The van der Waals surface area contributed by atoms with Crippen LogP contribution in [0.4, 0.5) is 5.69 Å². The van der Waals surface area contributed by atoms with Crippen molar-refractivity contribution in [1.82, 2.24) is 9.80 Å². The summed E-state index contributed by atoms with van der Waals surface area (Å²) in [7, 11) is -2.19. The molecule has 0 aromatic heterocycles. The van der Waals surface area contributed by atoms with Gasteiger partial charge in [-0.25, -0.2) is 8.42 Å². The van der Waals surface area contributed by atoms with Gasteiger partial charge < -0.3 is 24.4 Å². The maximum absolute atomic E-state index is 14.4. The fraction of sp³-hybridized carbons (Fsp3) is 0.444. The highest BCUT2D eigenvalue weighted by Gasteiger charge is 2.31. The third-order valence-corrected chi connectivity index (χ3v) is 9.85. The van der Waals surface area contributed by atoms with Gasteiger partial charge in [0.15, 0.2) is 0 Å². The Morgan fingerprint density at radius 3 is 2.45 bits per heavy atom. The number of aliphatic hydroxyl groups is 1. The van der Waals surface area contributed by atoms with Gasteiger partial charge in [-0.1, -0.05) is 42.8 Å². The Bertz CT molecular complexity index is 1600. The molecule has 254 valence electrons. The molecule has 2 N–H and O–H groups in total. The van der Waals surface area contributed by atoms with E-state index >= 15 is 0 Å². The molecule has 1 aliphatic rings. The number of fused-ring (bicyclic) bond motifs is 1. The van der Waals surface area contributed by atoms with Crippen molar-refractivity contribution in [2.45, 2.75) is 70.1 Å². The number of amides is 2. The highest BCUT2D eigenvalue weighted by atomic mass is 32.2. The predicted octanol–water partition coefficient (Wildman–Crippen LogP) is 5.36. The van der Waals surface area contributed by atoms with Gasteiger partial charge in [0.25, 0.3) is 21.8 Å². The predicted molar refractivity (Wildman–Crippen MR) is 182 cm³/mol. The van der Waals surface area contributed by atoms with Crippen LogP contribution < -0.4 is 9.46 Å². The minimum absolute atomic E-state index is 0.102. The summed E-state index contributed by atoms with van der Waals surface area (Å²) in [4.78, 5) is 30.8. The van der Waals surface area contributed by atoms with Crippen LogP contribution in [-0.4, -0.2) is 86.7 Å². The number of nitrogens with one attached hydrogen (secondary N) is 1. The second-order valence-corrected chi connectivity index (χ2v) is 14.2. The summed E-state index contributed by atoms with van der Waals surface area (Å²) >= 11 is 0. The third-order valence-electron chi connectivity index (χ3n) is 8.46. The molecule has 1 aliphatic heterocycles. The number of likely N-dealkylation sites (N-methyl/N-ethyl adjacent to an activating group) is 1. The second kappa shape index (κ2) is 16.3. The van der Waals surface area contributed by atoms with Gasteiger partial charge in [0.2, 0.25) is 0 Å². The molecule has 4 rings (SSSR count). The number of aryl methyl sites for hydroxylation is 1. The number of rotatable bonds is 8. The van der Waals surface area contributed by atoms with E-state index in [-0.39, 0.29) is 47.2 Å². The number of hydrogen-bond acceptors (Lipinski definition) is 7. The number of nitrogens with zero attached hydrogens (tertiary/aromatic N) is 2. The summed E-state index contributed by atoms with van der Waals surface area (Å²) in [6, 6.07) is 19.7. The average molecular weight is 666 g/mol. The van der Waals surface area contributed by atoms with Crippen LogP contribution in [0.15, 0.2) is 77.7 Å². The van der Waals surface area contributed by atoms with E-state index in [2.05, 4.69) is 4.72 Å². The first-order chi connectivity index (χ1) is 22.4. The van der Waals surface area contributed by atoms with Gasteiger partial charge >= 0.3 is 0 Å². The molecule has 47 heavy (non-hydrogen) atoms. The van der Waals surface area contributed by atoms with Gasteiger partial charge in [0.1, 0.15) is 5.75 Å². The van der Waals surface area contributed by atoms with Crippen LogP contribution in [-0.2, 0) is 14.8 Å². The summed E-state index contributed by atoms with van der Waals surface area (Å²) < 4.78 is 41.6. The van der Waals surface area contributed by atoms with E-state index in [0.29, 0.717) is 30.9 Å². The van der Waals surface area contributed by atoms with Crippen LogP contribution >= 0.6 is 0 Å². The lowest BCUT2D eigenvalue weighted by Crippen LogP contribution is -2.48. The molecule has 2 amide bonds. The number of aliphatic hydroxyl groups excluding tert-OH is 1. The fourth-order valence-corrected chi connectivity index (χ4v) is 6.58. The maximum Gasteiger partial charge on any atom is 0.261 e. The van der Waals surface area contributed by atoms with Gasteiger partial charge in [-0.3, -0.25) is 14.3 Å². The molecule has 0 saturated carbocycles. The Hall–Kier alpha value is -3.93. The zero-order chi connectivity index (χ0) is 34.1. The number of ether oxygens (including phenoxy) is 2. The number of carbonyl (C=O) groups excluding carboxylic acids is 2. The lowest BCUT2D eigenvalue weighted by atomic mass is 10.0. The van der Waals surface area contributed by atoms with Crippen LogP contribution in [0.5, 0.6) is 5.75 Å². The summed E-state index contributed by atoms with van der Waals surface area (Å²) in [6.45, 7) is 8.25. The van der Waals surface area contributed by atoms with Crippen LogP contribution in [0.25, 0.3) is 0 Å². The largest absolute Gasteiger partial charge is 0.490 e. The maximum atomic E-state index is 14.4. The zero-order valence-electron chi connectivity index (χ0n) is 27.9. The quantitative estimate of drug-likeness (QED) is 0.332. The van der Waals surface area contributed by atoms with Crippen molar-refractivity contribution in [3.63, 3.8) is 0 Å². The normalized spacial score (nSPS) is 20.3. The Labute approximate surface area is 278 Å². The molecule has 3 aromatic carbocycles. The number of sulfonamides is 1. The molecule has 0 aliphatic carbocycles. The first-order valence-corrected chi connectivity index (χ1v) is 17.6. The summed E-state index contributed by atoms with van der Waals surface area (Å²) in [5.74, 6) is -0.436. The zero-order valence-corrected chi connectivity index (χ0v) is 28.7. The standard InChI is InChI=1S/C36H47N3O7S/c1-25-14-17-31(18-15-25)47(43,44)37-30-16-19-33-32(21-30)36(42)39(27(3)24-40)22-26(2)34(45-20-10-9-11-28(4)46-33)23-38(5)35(41)29-12-7-6-8-13-29/h6-8,12-19,21,26-28,34,37,40H,9-11,20,22-24H2,1-5H3/t26-,27-,28-,34+/m0/s1. The molecular formula is C36H47N3O7S. The fourth-order valence-electron chi connectivity index (χ4n) is 5.53. The molecule has 0 unspecified atom stereocenters. The SMILES string of the molecule is Cc1ccc(S(=O)(=O)Nc2ccc3c(c2)C(=O)N([C@@H](C)CO)C[C@H](C)[C@@H](CN(C)C(=O)c2ccccc2)OCCCC[C@H](C)O3)cc1. The van der Waals surface area contributed by atoms with Crippen LogP contribution in [0.2, 0.25) is 0 Å². The van der Waals surface area contributed by atoms with Gasteiger partial charge in [-0.2, -0.15) is 0 Å². The molecule has 0 saturated heterocycles. The van der Waals surface area contributed by atoms with Crippen molar-refractivity contribution < 1.29 is 32.6 Å². The average Bonchev–Trinajstić information content (AvgIpc) is 3.06. The summed E-state index contributed by atoms with van der Waals surface area (Å²) in [5, 5.41) is 10.2. The molecule has 4 atom stereocenters. The number of anilines is 1. The van der Waals surface area contributed by atoms with Crippen LogP contribution in [0, 0.1) is 12.8 Å². The molecule has 10 nitrogen and oxygen atoms in total. The van der Waals surface area contributed by atoms with E-state index in [0.717, 1.165) is 18.4 Å². The van der Waals surface area contributed by atoms with Crippen molar-refractivity contribution in [2.24, 2.45) is 5.92 Å². The van der Waals surface area contributed by atoms with Crippen molar-refractivity contribution in [3.8, 4) is 5.75 Å². The summed E-state index contributed by atoms with van der Waals surface area (Å²) in [5.41, 5.74) is 1.90. The van der Waals surface area contributed by atoms with Crippen molar-refractivity contribution in [2.75, 3.05) is 38.1 Å². The molecule has 0 bridgehead atoms. The molecule has 0 spiro atoms. The van der Waals surface area contributed by atoms with Crippen LogP contribution in [0.3, 0.4) is 0 Å². The lowest BCUT2D eigenvalue weighted by molar-refractivity contribution is -0.0149. The number of carbonyl (C=O) groups is 2. The molecule has 0 radical (unpaired) electrons. The van der Waals surface area contributed by atoms with E-state index in [1.807, 2.05) is 39.0 Å². The summed E-state index contributed by atoms with van der Waals surface area (Å²) in [6.07, 6.45) is 1.70. The topological polar surface area (TPSA) is 125 Å². The van der Waals surface area contributed by atoms with Gasteiger partial charge in [-0.05, 0) is 82.5 Å². The smallest absolute Gasteiger partial charge is 0.261 e. The lowest BCUT2D eigenvalue weighted by Gasteiger charge is -2.36. The molecule has 3 aromatic rings. The van der Waals surface area contributed by atoms with Crippen LogP contribution in [0.1, 0.15) is 66.3 Å². The van der Waals surface area contributed by atoms with Gasteiger partial charge in [0.05, 0.1) is 35.3 Å². The van der Waals surface area contributed by atoms with E-state index in [1.165, 1.54) is 18.2 Å². The second-order valence-electron chi connectivity index (χ2n) is 12.5. The number of hydrogen-bond donors (Lipinski definition) is 2. The first kappa shape index (κ1) is 35.9. The minimum Gasteiger partial charge on any atom is -0.490 e. The highest BCUT2D eigenvalue weighted by molar-refractivity contribution is 7.92. The first-order valence-electron chi connectivity index (χ1n) is 16.1. The van der Waals surface area contributed by atoms with Gasteiger partial charge in [-0.15, -0.1) is 0 Å². The molecule has 0 fully saturated rings. The van der Waals surface area contributed by atoms with E-state index in [1.54, 1.807) is 60.2 Å².